The van der Waals surface area contributed by atoms with Gasteiger partial charge in [0.15, 0.2) is 0 Å². The summed E-state index contributed by atoms with van der Waals surface area (Å²) in [6.07, 6.45) is 5.98. The smallest absolute Gasteiger partial charge is 0.214 e. The molecule has 0 fully saturated rings. The zero-order chi connectivity index (χ0) is 17.5. The number of fused-ring (bicyclic) bond motifs is 1. The summed E-state index contributed by atoms with van der Waals surface area (Å²) in [7, 11) is 6.08. The summed E-state index contributed by atoms with van der Waals surface area (Å²) in [5.74, 6) is 0. The first kappa shape index (κ1) is 16.9. The second-order valence-electron chi connectivity index (χ2n) is 7.32. The van der Waals surface area contributed by atoms with Gasteiger partial charge in [-0.05, 0) is 14.1 Å². The Morgan fingerprint density at radius 3 is 2.58 bits per heavy atom. The largest absolute Gasteiger partial charge is 0.358 e. The number of rotatable bonds is 5. The number of nitrogens with zero attached hydrogens (tertiary/aromatic N) is 6. The minimum atomic E-state index is 0.0390. The average molecular weight is 347 g/mol. The van der Waals surface area contributed by atoms with Gasteiger partial charge in [0.2, 0.25) is 10.1 Å². The van der Waals surface area contributed by atoms with E-state index in [2.05, 4.69) is 66.5 Å². The summed E-state index contributed by atoms with van der Waals surface area (Å²) in [4.78, 5) is 7.79. The molecule has 0 amide bonds. The maximum Gasteiger partial charge on any atom is 0.214 e. The van der Waals surface area contributed by atoms with Gasteiger partial charge in [-0.3, -0.25) is 4.68 Å². The summed E-state index contributed by atoms with van der Waals surface area (Å²) in [6.45, 7) is 7.25. The normalized spacial score (nSPS) is 13.8. The molecule has 0 bridgehead atoms. The summed E-state index contributed by atoms with van der Waals surface area (Å²) in [5.41, 5.74) is 2.29. The molecule has 0 aliphatic heterocycles. The van der Waals surface area contributed by atoms with Gasteiger partial charge in [0, 0.05) is 30.8 Å². The Morgan fingerprint density at radius 1 is 1.29 bits per heavy atom. The Kier molecular flexibility index (Phi) is 4.35. The third-order valence-electron chi connectivity index (χ3n) is 3.99. The van der Waals surface area contributed by atoms with Crippen molar-refractivity contribution in [3.8, 4) is 0 Å². The molecule has 7 nitrogen and oxygen atoms in total. The average Bonchev–Trinajstić information content (AvgIpc) is 3.12. The zero-order valence-electron chi connectivity index (χ0n) is 15.1. The molecule has 130 valence electrons. The van der Waals surface area contributed by atoms with E-state index in [9.17, 15) is 0 Å². The van der Waals surface area contributed by atoms with Gasteiger partial charge >= 0.3 is 0 Å². The van der Waals surface area contributed by atoms with Crippen LogP contribution in [0.25, 0.3) is 4.96 Å². The predicted molar refractivity (Wildman–Crippen MR) is 97.7 cm³/mol. The Morgan fingerprint density at radius 2 is 2.04 bits per heavy atom. The van der Waals surface area contributed by atoms with Crippen molar-refractivity contribution in [2.45, 2.75) is 32.2 Å². The summed E-state index contributed by atoms with van der Waals surface area (Å²) < 4.78 is 3.69. The molecule has 8 heteroatoms. The molecule has 0 saturated heterocycles. The van der Waals surface area contributed by atoms with E-state index < -0.39 is 0 Å². The van der Waals surface area contributed by atoms with Crippen LogP contribution >= 0.6 is 11.3 Å². The maximum absolute atomic E-state index is 4.68. The lowest BCUT2D eigenvalue weighted by atomic mass is 9.93. The highest BCUT2D eigenvalue weighted by Gasteiger charge is 2.20. The number of hydrogen-bond donors (Lipinski definition) is 1. The van der Waals surface area contributed by atoms with Gasteiger partial charge in [-0.1, -0.05) is 32.1 Å². The van der Waals surface area contributed by atoms with Crippen LogP contribution in [-0.2, 0) is 12.5 Å². The van der Waals surface area contributed by atoms with Crippen LogP contribution in [0.2, 0.25) is 0 Å². The summed E-state index contributed by atoms with van der Waals surface area (Å²) >= 11 is 1.58. The van der Waals surface area contributed by atoms with Crippen LogP contribution in [0, 0.1) is 0 Å². The molecule has 0 radical (unpaired) electrons. The molecule has 0 aromatic carbocycles. The lowest BCUT2D eigenvalue weighted by Gasteiger charge is -2.23. The molecule has 0 spiro atoms. The third kappa shape index (κ3) is 3.44. The molecule has 1 atom stereocenters. The SMILES string of the molecule is CN(C)C(CNc1nn2cc(C(C)(C)C)nc2s1)c1cnn(C)c1. The van der Waals surface area contributed by atoms with Crippen molar-refractivity contribution in [3.05, 3.63) is 29.8 Å². The monoisotopic (exact) mass is 347 g/mol. The van der Waals surface area contributed by atoms with Crippen molar-refractivity contribution in [1.82, 2.24) is 29.3 Å². The van der Waals surface area contributed by atoms with Gasteiger partial charge in [-0.25, -0.2) is 9.50 Å². The Bertz CT molecular complexity index is 790. The molecule has 1 unspecified atom stereocenters. The van der Waals surface area contributed by atoms with E-state index in [4.69, 9.17) is 0 Å². The second kappa shape index (κ2) is 6.18. The Balaban J connectivity index is 1.73. The van der Waals surface area contributed by atoms with Crippen LogP contribution in [0.1, 0.15) is 38.1 Å². The van der Waals surface area contributed by atoms with Crippen LogP contribution in [0.4, 0.5) is 5.13 Å². The fourth-order valence-electron chi connectivity index (χ4n) is 2.53. The number of aromatic nitrogens is 5. The van der Waals surface area contributed by atoms with Crippen molar-refractivity contribution in [3.63, 3.8) is 0 Å². The van der Waals surface area contributed by atoms with Crippen LogP contribution < -0.4 is 5.32 Å². The second-order valence-corrected chi connectivity index (χ2v) is 8.27. The van der Waals surface area contributed by atoms with Gasteiger partial charge in [0.25, 0.3) is 0 Å². The number of imidazole rings is 1. The van der Waals surface area contributed by atoms with Gasteiger partial charge < -0.3 is 10.2 Å². The molecular weight excluding hydrogens is 322 g/mol. The summed E-state index contributed by atoms with van der Waals surface area (Å²) in [6, 6.07) is 0.236. The van der Waals surface area contributed by atoms with Crippen LogP contribution in [0.3, 0.4) is 0 Å². The van der Waals surface area contributed by atoms with E-state index >= 15 is 0 Å². The van der Waals surface area contributed by atoms with Crippen molar-refractivity contribution in [1.29, 1.82) is 0 Å². The lowest BCUT2D eigenvalue weighted by molar-refractivity contribution is 0.311. The van der Waals surface area contributed by atoms with E-state index in [0.717, 1.165) is 22.3 Å². The van der Waals surface area contributed by atoms with E-state index in [-0.39, 0.29) is 11.5 Å². The van der Waals surface area contributed by atoms with Gasteiger partial charge in [0.1, 0.15) is 0 Å². The molecule has 3 aromatic rings. The third-order valence-corrected chi connectivity index (χ3v) is 4.87. The first-order valence-electron chi connectivity index (χ1n) is 7.99. The quantitative estimate of drug-likeness (QED) is 0.768. The minimum Gasteiger partial charge on any atom is -0.358 e. The molecule has 0 aliphatic rings. The van der Waals surface area contributed by atoms with Gasteiger partial charge in [0.05, 0.1) is 24.1 Å². The van der Waals surface area contributed by atoms with E-state index in [0.29, 0.717) is 0 Å². The number of nitrogens with one attached hydrogen (secondary N) is 1. The van der Waals surface area contributed by atoms with E-state index in [1.807, 2.05) is 28.6 Å². The van der Waals surface area contributed by atoms with Gasteiger partial charge in [-0.2, -0.15) is 5.10 Å². The molecule has 1 N–H and O–H groups in total. The van der Waals surface area contributed by atoms with E-state index in [1.54, 1.807) is 11.3 Å². The number of anilines is 1. The number of aryl methyl sites for hydroxylation is 1. The summed E-state index contributed by atoms with van der Waals surface area (Å²) in [5, 5.41) is 13.2. The van der Waals surface area contributed by atoms with Crippen molar-refractivity contribution in [2.75, 3.05) is 26.0 Å². The van der Waals surface area contributed by atoms with E-state index in [1.165, 1.54) is 5.56 Å². The first-order chi connectivity index (χ1) is 11.2. The lowest BCUT2D eigenvalue weighted by Crippen LogP contribution is -2.26. The van der Waals surface area contributed by atoms with Crippen molar-refractivity contribution >= 4 is 21.4 Å². The first-order valence-corrected chi connectivity index (χ1v) is 8.81. The molecule has 24 heavy (non-hydrogen) atoms. The van der Waals surface area contributed by atoms with Crippen LogP contribution in [0.5, 0.6) is 0 Å². The molecule has 0 aliphatic carbocycles. The Labute approximate surface area is 146 Å². The fourth-order valence-corrected chi connectivity index (χ4v) is 3.32. The van der Waals surface area contributed by atoms with Crippen molar-refractivity contribution < 1.29 is 0 Å². The van der Waals surface area contributed by atoms with Crippen LogP contribution in [-0.4, -0.2) is 49.9 Å². The van der Waals surface area contributed by atoms with Gasteiger partial charge in [-0.15, -0.1) is 5.10 Å². The fraction of sp³-hybridized carbons (Fsp3) is 0.562. The standard InChI is InChI=1S/C16H25N7S/c1-16(2,3)13-10-23-15(19-13)24-14(20-23)17-8-12(21(4)5)11-7-18-22(6)9-11/h7,9-10,12H,8H2,1-6H3,(H,17,20). The topological polar surface area (TPSA) is 63.3 Å². The van der Waals surface area contributed by atoms with Crippen molar-refractivity contribution in [2.24, 2.45) is 7.05 Å². The molecule has 0 saturated carbocycles. The predicted octanol–water partition coefficient (Wildman–Crippen LogP) is 2.54. The molecule has 3 rings (SSSR count). The minimum absolute atomic E-state index is 0.0390. The maximum atomic E-state index is 4.68. The number of likely N-dealkylation sites (N-methyl/N-ethyl adjacent to an activating group) is 1. The Hall–Kier alpha value is -1.93. The molecule has 3 aromatic heterocycles. The number of hydrogen-bond acceptors (Lipinski definition) is 6. The molecular formula is C16H25N7S. The van der Waals surface area contributed by atoms with Crippen LogP contribution in [0.15, 0.2) is 18.6 Å². The highest BCUT2D eigenvalue weighted by atomic mass is 32.1. The highest BCUT2D eigenvalue weighted by molar-refractivity contribution is 7.20. The zero-order valence-corrected chi connectivity index (χ0v) is 15.9. The highest BCUT2D eigenvalue weighted by Crippen LogP contribution is 2.26. The molecule has 3 heterocycles.